The van der Waals surface area contributed by atoms with Crippen LogP contribution in [0.4, 0.5) is 5.69 Å². The molecule has 1 aliphatic rings. The molecule has 0 fully saturated rings. The SMILES string of the molecule is COc1cc(/C=C2/C(=O)Nc3ccc(Br)cc32)ccc1OCc1ccccc1. The average Bonchev–Trinajstić information content (AvgIpc) is 3.02. The summed E-state index contributed by atoms with van der Waals surface area (Å²) in [5.41, 5.74) is 4.26. The second kappa shape index (κ2) is 7.90. The zero-order valence-corrected chi connectivity index (χ0v) is 16.8. The number of carbonyl (C=O) groups excluding carboxylic acids is 1. The first-order valence-corrected chi connectivity index (χ1v) is 9.61. The third kappa shape index (κ3) is 3.80. The van der Waals surface area contributed by atoms with Gasteiger partial charge in [-0.25, -0.2) is 0 Å². The molecule has 1 heterocycles. The quantitative estimate of drug-likeness (QED) is 0.535. The molecule has 4 rings (SSSR count). The van der Waals surface area contributed by atoms with E-state index in [1.54, 1.807) is 7.11 Å². The van der Waals surface area contributed by atoms with Crippen LogP contribution >= 0.6 is 15.9 Å². The minimum atomic E-state index is -0.114. The molecular formula is C23H18BrNO3. The van der Waals surface area contributed by atoms with Crippen molar-refractivity contribution in [2.45, 2.75) is 6.61 Å². The third-order valence-electron chi connectivity index (χ3n) is 4.50. The minimum absolute atomic E-state index is 0.114. The van der Waals surface area contributed by atoms with Crippen LogP contribution in [0.25, 0.3) is 11.6 Å². The minimum Gasteiger partial charge on any atom is -0.493 e. The number of amides is 1. The number of anilines is 1. The van der Waals surface area contributed by atoms with Gasteiger partial charge in [0.2, 0.25) is 0 Å². The lowest BCUT2D eigenvalue weighted by atomic mass is 10.0. The Bertz CT molecular complexity index is 1060. The molecule has 0 saturated carbocycles. The predicted molar refractivity (Wildman–Crippen MR) is 114 cm³/mol. The first-order valence-electron chi connectivity index (χ1n) is 8.82. The predicted octanol–water partition coefficient (Wildman–Crippen LogP) is 5.53. The van der Waals surface area contributed by atoms with Crippen molar-refractivity contribution < 1.29 is 14.3 Å². The maximum absolute atomic E-state index is 12.4. The van der Waals surface area contributed by atoms with Crippen LogP contribution in [0, 0.1) is 0 Å². The van der Waals surface area contributed by atoms with Gasteiger partial charge in [0.05, 0.1) is 7.11 Å². The maximum Gasteiger partial charge on any atom is 0.256 e. The van der Waals surface area contributed by atoms with Crippen LogP contribution in [0.2, 0.25) is 0 Å². The molecule has 3 aromatic rings. The van der Waals surface area contributed by atoms with Crippen LogP contribution in [0.3, 0.4) is 0 Å². The second-order valence-corrected chi connectivity index (χ2v) is 7.30. The lowest BCUT2D eigenvalue weighted by Gasteiger charge is -2.11. The molecule has 0 atom stereocenters. The number of carbonyl (C=O) groups is 1. The highest BCUT2D eigenvalue weighted by Crippen LogP contribution is 2.36. The largest absolute Gasteiger partial charge is 0.493 e. The van der Waals surface area contributed by atoms with Crippen LogP contribution in [-0.2, 0) is 11.4 Å². The molecule has 0 bridgehead atoms. The summed E-state index contributed by atoms with van der Waals surface area (Å²) in [5, 5.41) is 2.89. The van der Waals surface area contributed by atoms with Crippen LogP contribution in [-0.4, -0.2) is 13.0 Å². The third-order valence-corrected chi connectivity index (χ3v) is 4.99. The summed E-state index contributed by atoms with van der Waals surface area (Å²) in [7, 11) is 1.61. The number of ether oxygens (including phenoxy) is 2. The first-order chi connectivity index (χ1) is 13.6. The van der Waals surface area contributed by atoms with E-state index in [2.05, 4.69) is 21.2 Å². The van der Waals surface area contributed by atoms with Crippen molar-refractivity contribution in [2.75, 3.05) is 12.4 Å². The van der Waals surface area contributed by atoms with Crippen LogP contribution in [0.15, 0.2) is 71.2 Å². The fourth-order valence-electron chi connectivity index (χ4n) is 3.10. The Kier molecular flexibility index (Phi) is 5.17. The van der Waals surface area contributed by atoms with Gasteiger partial charge in [0.25, 0.3) is 5.91 Å². The highest BCUT2D eigenvalue weighted by molar-refractivity contribution is 9.10. The van der Waals surface area contributed by atoms with E-state index in [1.807, 2.05) is 72.8 Å². The van der Waals surface area contributed by atoms with Gasteiger partial charge in [-0.05, 0) is 47.5 Å². The fourth-order valence-corrected chi connectivity index (χ4v) is 3.46. The van der Waals surface area contributed by atoms with Gasteiger partial charge >= 0.3 is 0 Å². The van der Waals surface area contributed by atoms with Crippen molar-refractivity contribution in [1.82, 2.24) is 0 Å². The number of rotatable bonds is 5. The fraction of sp³-hybridized carbons (Fsp3) is 0.0870. The maximum atomic E-state index is 12.4. The van der Waals surface area contributed by atoms with Gasteiger partial charge in [-0.2, -0.15) is 0 Å². The number of fused-ring (bicyclic) bond motifs is 1. The van der Waals surface area contributed by atoms with Crippen molar-refractivity contribution in [3.8, 4) is 11.5 Å². The Morgan fingerprint density at radius 1 is 1.00 bits per heavy atom. The smallest absolute Gasteiger partial charge is 0.256 e. The summed E-state index contributed by atoms with van der Waals surface area (Å²) >= 11 is 3.46. The molecule has 5 heteroatoms. The molecule has 0 saturated heterocycles. The standard InChI is InChI=1S/C23H18BrNO3/c1-27-22-12-16(7-10-21(22)28-14-15-5-3-2-4-6-15)11-19-18-13-17(24)8-9-20(18)25-23(19)26/h2-13H,14H2,1H3,(H,25,26)/b19-11+. The van der Waals surface area contributed by atoms with E-state index in [0.717, 1.165) is 26.9 Å². The molecule has 3 aromatic carbocycles. The molecule has 0 aliphatic carbocycles. The van der Waals surface area contributed by atoms with Gasteiger partial charge in [-0.3, -0.25) is 4.79 Å². The molecule has 140 valence electrons. The summed E-state index contributed by atoms with van der Waals surface area (Å²) < 4.78 is 12.3. The van der Waals surface area contributed by atoms with Crippen molar-refractivity contribution >= 4 is 39.2 Å². The van der Waals surface area contributed by atoms with Gasteiger partial charge < -0.3 is 14.8 Å². The lowest BCUT2D eigenvalue weighted by Crippen LogP contribution is -2.03. The number of methoxy groups -OCH3 is 1. The number of hydrogen-bond donors (Lipinski definition) is 1. The Morgan fingerprint density at radius 2 is 1.82 bits per heavy atom. The summed E-state index contributed by atoms with van der Waals surface area (Å²) in [6, 6.07) is 21.3. The summed E-state index contributed by atoms with van der Waals surface area (Å²) in [5.74, 6) is 1.17. The normalized spacial score (nSPS) is 13.9. The topological polar surface area (TPSA) is 47.6 Å². The van der Waals surface area contributed by atoms with E-state index in [0.29, 0.717) is 23.7 Å². The first kappa shape index (κ1) is 18.3. The highest BCUT2D eigenvalue weighted by Gasteiger charge is 2.24. The van der Waals surface area contributed by atoms with Gasteiger partial charge in [0.1, 0.15) is 6.61 Å². The van der Waals surface area contributed by atoms with E-state index in [1.165, 1.54) is 0 Å². The van der Waals surface area contributed by atoms with Crippen LogP contribution < -0.4 is 14.8 Å². The molecule has 1 amide bonds. The molecule has 1 N–H and O–H groups in total. The van der Waals surface area contributed by atoms with Gasteiger partial charge in [0, 0.05) is 21.3 Å². The van der Waals surface area contributed by atoms with E-state index in [4.69, 9.17) is 9.47 Å². The molecular weight excluding hydrogens is 418 g/mol. The van der Waals surface area contributed by atoms with Crippen LogP contribution in [0.5, 0.6) is 11.5 Å². The molecule has 4 nitrogen and oxygen atoms in total. The highest BCUT2D eigenvalue weighted by atomic mass is 79.9. The van der Waals surface area contributed by atoms with Gasteiger partial charge in [-0.1, -0.05) is 52.3 Å². The molecule has 28 heavy (non-hydrogen) atoms. The Hall–Kier alpha value is -3.05. The average molecular weight is 436 g/mol. The zero-order valence-electron chi connectivity index (χ0n) is 15.2. The summed E-state index contributed by atoms with van der Waals surface area (Å²) in [4.78, 5) is 12.4. The number of halogens is 1. The summed E-state index contributed by atoms with van der Waals surface area (Å²) in [6.45, 7) is 0.460. The van der Waals surface area contributed by atoms with Crippen molar-refractivity contribution in [2.24, 2.45) is 0 Å². The van der Waals surface area contributed by atoms with Crippen molar-refractivity contribution in [3.05, 3.63) is 87.9 Å². The van der Waals surface area contributed by atoms with Crippen molar-refractivity contribution in [3.63, 3.8) is 0 Å². The number of benzene rings is 3. The Balaban J connectivity index is 1.61. The van der Waals surface area contributed by atoms with Gasteiger partial charge in [0.15, 0.2) is 11.5 Å². The van der Waals surface area contributed by atoms with Crippen LogP contribution in [0.1, 0.15) is 16.7 Å². The van der Waals surface area contributed by atoms with E-state index < -0.39 is 0 Å². The number of nitrogens with one attached hydrogen (secondary N) is 1. The van der Waals surface area contributed by atoms with E-state index in [-0.39, 0.29) is 5.91 Å². The van der Waals surface area contributed by atoms with E-state index in [9.17, 15) is 4.79 Å². The van der Waals surface area contributed by atoms with Gasteiger partial charge in [-0.15, -0.1) is 0 Å². The molecule has 0 spiro atoms. The van der Waals surface area contributed by atoms with E-state index >= 15 is 0 Å². The second-order valence-electron chi connectivity index (χ2n) is 6.39. The zero-order chi connectivity index (χ0) is 19.5. The monoisotopic (exact) mass is 435 g/mol. The molecule has 0 unspecified atom stereocenters. The molecule has 1 aliphatic heterocycles. The Labute approximate surface area is 171 Å². The molecule has 0 radical (unpaired) electrons. The number of hydrogen-bond acceptors (Lipinski definition) is 3. The summed E-state index contributed by atoms with van der Waals surface area (Å²) in [6.07, 6.45) is 1.86. The molecule has 0 aromatic heterocycles. The Morgan fingerprint density at radius 3 is 2.61 bits per heavy atom. The van der Waals surface area contributed by atoms with Crippen molar-refractivity contribution in [1.29, 1.82) is 0 Å². The lowest BCUT2D eigenvalue weighted by molar-refractivity contribution is -0.110.